The highest BCUT2D eigenvalue weighted by Crippen LogP contribution is 2.36. The highest BCUT2D eigenvalue weighted by molar-refractivity contribution is 7.52. The highest BCUT2D eigenvalue weighted by Gasteiger charge is 2.11. The summed E-state index contributed by atoms with van der Waals surface area (Å²) < 4.78 is 21.1. The fourth-order valence-corrected chi connectivity index (χ4v) is 2.97. The molecule has 0 amide bonds. The molecule has 0 aromatic carbocycles. The third-order valence-corrected chi connectivity index (χ3v) is 4.45. The van der Waals surface area contributed by atoms with Crippen LogP contribution in [0.25, 0.3) is 0 Å². The molecule has 0 aliphatic carbocycles. The minimum absolute atomic E-state index is 0.0325. The van der Waals surface area contributed by atoms with E-state index in [2.05, 4.69) is 0 Å². The Bertz CT molecular complexity index is 265. The second kappa shape index (κ2) is 9.24. The van der Waals surface area contributed by atoms with Crippen LogP contribution < -0.4 is 0 Å². The van der Waals surface area contributed by atoms with E-state index in [0.717, 1.165) is 38.5 Å². The van der Waals surface area contributed by atoms with Gasteiger partial charge in [-0.15, -0.1) is 0 Å². The van der Waals surface area contributed by atoms with E-state index in [1.807, 2.05) is 0 Å². The van der Waals surface area contributed by atoms with Crippen molar-refractivity contribution in [1.29, 1.82) is 0 Å². The Morgan fingerprint density at radius 2 is 0.722 bits per heavy atom. The lowest BCUT2D eigenvalue weighted by atomic mass is 10.1. The van der Waals surface area contributed by atoms with Crippen LogP contribution >= 0.6 is 15.2 Å². The van der Waals surface area contributed by atoms with Crippen molar-refractivity contribution in [2.75, 3.05) is 12.3 Å². The zero-order chi connectivity index (χ0) is 14.1. The average Bonchev–Trinajstić information content (AvgIpc) is 2.17. The van der Waals surface area contributed by atoms with E-state index in [4.69, 9.17) is 19.6 Å². The maximum absolute atomic E-state index is 10.6. The maximum Gasteiger partial charge on any atom is 0.325 e. The monoisotopic (exact) mass is 302 g/mol. The Labute approximate surface area is 108 Å². The van der Waals surface area contributed by atoms with Gasteiger partial charge in [-0.2, -0.15) is 0 Å². The number of hydrogen-bond acceptors (Lipinski definition) is 2. The number of hydrogen-bond donors (Lipinski definition) is 4. The van der Waals surface area contributed by atoms with Crippen molar-refractivity contribution in [1.82, 2.24) is 0 Å². The first kappa shape index (κ1) is 18.3. The van der Waals surface area contributed by atoms with Crippen LogP contribution in [-0.2, 0) is 9.13 Å². The van der Waals surface area contributed by atoms with Gasteiger partial charge in [0.25, 0.3) is 0 Å². The van der Waals surface area contributed by atoms with Gasteiger partial charge >= 0.3 is 15.2 Å². The smallest absolute Gasteiger partial charge is 0.324 e. The van der Waals surface area contributed by atoms with Crippen molar-refractivity contribution in [2.24, 2.45) is 0 Å². The summed E-state index contributed by atoms with van der Waals surface area (Å²) >= 11 is 0. The van der Waals surface area contributed by atoms with Crippen LogP contribution in [0.2, 0.25) is 0 Å². The molecule has 18 heavy (non-hydrogen) atoms. The summed E-state index contributed by atoms with van der Waals surface area (Å²) in [6.07, 6.45) is 6.64. The topological polar surface area (TPSA) is 115 Å². The molecule has 0 aliphatic rings. The molecule has 6 nitrogen and oxygen atoms in total. The van der Waals surface area contributed by atoms with Gasteiger partial charge in [-0.05, 0) is 12.8 Å². The second-order valence-electron chi connectivity index (χ2n) is 4.61. The van der Waals surface area contributed by atoms with E-state index in [9.17, 15) is 9.13 Å². The summed E-state index contributed by atoms with van der Waals surface area (Å²) in [4.78, 5) is 34.5. The van der Waals surface area contributed by atoms with Crippen molar-refractivity contribution in [3.63, 3.8) is 0 Å². The zero-order valence-electron chi connectivity index (χ0n) is 10.6. The third kappa shape index (κ3) is 16.3. The van der Waals surface area contributed by atoms with Gasteiger partial charge in [0, 0.05) is 12.3 Å². The van der Waals surface area contributed by atoms with Crippen molar-refractivity contribution >= 4 is 15.2 Å². The molecule has 110 valence electrons. The van der Waals surface area contributed by atoms with E-state index in [-0.39, 0.29) is 12.3 Å². The Kier molecular flexibility index (Phi) is 9.40. The second-order valence-corrected chi connectivity index (χ2v) is 8.16. The van der Waals surface area contributed by atoms with Crippen molar-refractivity contribution in [3.05, 3.63) is 0 Å². The predicted molar refractivity (Wildman–Crippen MR) is 70.8 cm³/mol. The van der Waals surface area contributed by atoms with Crippen LogP contribution in [0.1, 0.15) is 51.4 Å². The molecule has 0 bridgehead atoms. The third-order valence-electron chi connectivity index (χ3n) is 2.65. The van der Waals surface area contributed by atoms with E-state index in [1.54, 1.807) is 0 Å². The predicted octanol–water partition coefficient (Wildman–Crippen LogP) is 2.46. The van der Waals surface area contributed by atoms with Crippen LogP contribution in [0, 0.1) is 0 Å². The summed E-state index contributed by atoms with van der Waals surface area (Å²) in [5.74, 6) is 0. The zero-order valence-corrected chi connectivity index (χ0v) is 12.4. The largest absolute Gasteiger partial charge is 0.325 e. The van der Waals surface area contributed by atoms with E-state index >= 15 is 0 Å². The number of rotatable bonds is 11. The average molecular weight is 302 g/mol. The Morgan fingerprint density at radius 3 is 0.944 bits per heavy atom. The van der Waals surface area contributed by atoms with Gasteiger partial charge in [0.2, 0.25) is 0 Å². The molecular formula is C10H24O6P2. The van der Waals surface area contributed by atoms with Gasteiger partial charge in [-0.3, -0.25) is 9.13 Å². The van der Waals surface area contributed by atoms with Gasteiger partial charge in [0.1, 0.15) is 0 Å². The van der Waals surface area contributed by atoms with Gasteiger partial charge < -0.3 is 19.6 Å². The van der Waals surface area contributed by atoms with Crippen LogP contribution in [0.3, 0.4) is 0 Å². The normalized spacial score (nSPS) is 12.9. The van der Waals surface area contributed by atoms with Crippen molar-refractivity contribution in [2.45, 2.75) is 51.4 Å². The van der Waals surface area contributed by atoms with Gasteiger partial charge in [-0.25, -0.2) is 0 Å². The lowest BCUT2D eigenvalue weighted by Crippen LogP contribution is -1.89. The molecule has 0 fully saturated rings. The molecule has 0 radical (unpaired) electrons. The van der Waals surface area contributed by atoms with E-state index < -0.39 is 15.2 Å². The molecule has 0 aliphatic heterocycles. The summed E-state index contributed by atoms with van der Waals surface area (Å²) in [5, 5.41) is 0. The molecule has 0 heterocycles. The van der Waals surface area contributed by atoms with Crippen LogP contribution in [0.15, 0.2) is 0 Å². The molecule has 0 aromatic rings. The lowest BCUT2D eigenvalue weighted by molar-refractivity contribution is 0.368. The number of unbranched alkanes of at least 4 members (excludes halogenated alkanes) is 7. The molecule has 0 saturated heterocycles. The van der Waals surface area contributed by atoms with E-state index in [1.165, 1.54) is 0 Å². The highest BCUT2D eigenvalue weighted by atomic mass is 31.2. The molecule has 0 atom stereocenters. The van der Waals surface area contributed by atoms with Crippen LogP contribution in [0.4, 0.5) is 0 Å². The fourth-order valence-electron chi connectivity index (χ4n) is 1.70. The Balaban J connectivity index is 3.17. The first-order valence-electron chi connectivity index (χ1n) is 6.30. The molecule has 0 aromatic heterocycles. The first-order chi connectivity index (χ1) is 8.21. The first-order valence-corrected chi connectivity index (χ1v) is 9.89. The quantitative estimate of drug-likeness (QED) is 0.344. The summed E-state index contributed by atoms with van der Waals surface area (Å²) in [7, 11) is -7.65. The van der Waals surface area contributed by atoms with Gasteiger partial charge in [0.15, 0.2) is 0 Å². The Morgan fingerprint density at radius 1 is 0.500 bits per heavy atom. The summed E-state index contributed by atoms with van der Waals surface area (Å²) in [6.45, 7) is 0. The molecule has 0 saturated carbocycles. The molecular weight excluding hydrogens is 278 g/mol. The van der Waals surface area contributed by atoms with Crippen LogP contribution in [-0.4, -0.2) is 31.9 Å². The summed E-state index contributed by atoms with van der Waals surface area (Å²) in [6, 6.07) is 0. The minimum atomic E-state index is -3.83. The molecule has 4 N–H and O–H groups in total. The molecule has 8 heteroatoms. The molecule has 0 unspecified atom stereocenters. The van der Waals surface area contributed by atoms with Crippen molar-refractivity contribution < 1.29 is 28.7 Å². The van der Waals surface area contributed by atoms with Gasteiger partial charge in [0.05, 0.1) is 0 Å². The van der Waals surface area contributed by atoms with Gasteiger partial charge in [-0.1, -0.05) is 38.5 Å². The van der Waals surface area contributed by atoms with Crippen LogP contribution in [0.5, 0.6) is 0 Å². The minimum Gasteiger partial charge on any atom is -0.324 e. The Hall–Kier alpha value is 0.300. The molecule has 0 spiro atoms. The standard InChI is InChI=1S/C10H24O6P2/c11-17(12,13)9-7-5-3-1-2-4-6-8-10-18(14,15)16/h1-10H2,(H2,11,12,13)(H2,14,15,16). The van der Waals surface area contributed by atoms with Crippen molar-refractivity contribution in [3.8, 4) is 0 Å². The SMILES string of the molecule is O=P(O)(O)CCCCCCCCCCP(=O)(O)O. The summed E-state index contributed by atoms with van der Waals surface area (Å²) in [5.41, 5.74) is 0. The lowest BCUT2D eigenvalue weighted by Gasteiger charge is -2.04. The molecule has 0 rings (SSSR count). The van der Waals surface area contributed by atoms with E-state index in [0.29, 0.717) is 12.8 Å². The maximum atomic E-state index is 10.6. The fraction of sp³-hybridized carbons (Fsp3) is 1.00.